The topological polar surface area (TPSA) is 35.2 Å². The van der Waals surface area contributed by atoms with Crippen molar-refractivity contribution in [1.82, 2.24) is 0 Å². The molecule has 2 nitrogen and oxygen atoms in total. The Morgan fingerprint density at radius 3 is 2.19 bits per heavy atom. The minimum atomic E-state index is 0.522. The lowest BCUT2D eigenvalue weighted by atomic mass is 10.1. The number of hydrogen-bond donors (Lipinski definition) is 1. The summed E-state index contributed by atoms with van der Waals surface area (Å²) in [7, 11) is 0. The van der Waals surface area contributed by atoms with E-state index in [1.54, 1.807) is 0 Å². The Morgan fingerprint density at radius 2 is 1.57 bits per heavy atom. The van der Waals surface area contributed by atoms with Crippen LogP contribution >= 0.6 is 31.9 Å². The van der Waals surface area contributed by atoms with E-state index in [2.05, 4.69) is 56.1 Å². The maximum atomic E-state index is 5.87. The summed E-state index contributed by atoms with van der Waals surface area (Å²) in [5.74, 6) is 0.854. The van der Waals surface area contributed by atoms with E-state index in [-0.39, 0.29) is 0 Å². The molecule has 2 rings (SSSR count). The van der Waals surface area contributed by atoms with Crippen LogP contribution in [0.1, 0.15) is 24.0 Å². The molecule has 0 spiro atoms. The summed E-state index contributed by atoms with van der Waals surface area (Å²) >= 11 is 7.07. The summed E-state index contributed by atoms with van der Waals surface area (Å²) < 4.78 is 7.76. The molecule has 2 aromatic rings. The molecule has 0 aliphatic carbocycles. The second-order valence-electron chi connectivity index (χ2n) is 4.88. The number of hydrogen-bond acceptors (Lipinski definition) is 2. The third-order valence-corrected chi connectivity index (χ3v) is 4.42. The average molecular weight is 413 g/mol. The highest BCUT2D eigenvalue weighted by Crippen LogP contribution is 2.34. The van der Waals surface area contributed by atoms with Crippen LogP contribution in [0.3, 0.4) is 0 Å². The van der Waals surface area contributed by atoms with Crippen LogP contribution < -0.4 is 10.5 Å². The third kappa shape index (κ3) is 5.13. The number of halogens is 2. The van der Waals surface area contributed by atoms with Gasteiger partial charge in [-0.25, -0.2) is 0 Å². The Hall–Kier alpha value is -0.840. The van der Waals surface area contributed by atoms with Crippen LogP contribution in [0.5, 0.6) is 5.75 Å². The summed E-state index contributed by atoms with van der Waals surface area (Å²) in [6.07, 6.45) is 3.26. The van der Waals surface area contributed by atoms with Crippen LogP contribution in [0.4, 0.5) is 0 Å². The smallest absolute Gasteiger partial charge is 0.147 e. The predicted octanol–water partition coefficient (Wildman–Crippen LogP) is 5.07. The summed E-state index contributed by atoms with van der Waals surface area (Å²) in [4.78, 5) is 0. The largest absolute Gasteiger partial charge is 0.491 e. The second kappa shape index (κ2) is 8.57. The SMILES string of the molecule is NCc1cc(Br)c(OCCCCc2ccccc2)c(Br)c1. The van der Waals surface area contributed by atoms with E-state index < -0.39 is 0 Å². The number of unbranched alkanes of at least 4 members (excludes halogenated alkanes) is 1. The van der Waals surface area contributed by atoms with Crippen molar-refractivity contribution in [3.8, 4) is 5.75 Å². The molecular weight excluding hydrogens is 394 g/mol. The van der Waals surface area contributed by atoms with Gasteiger partial charge in [0, 0.05) is 6.54 Å². The molecule has 0 bridgehead atoms. The van der Waals surface area contributed by atoms with Gasteiger partial charge >= 0.3 is 0 Å². The molecule has 0 saturated carbocycles. The van der Waals surface area contributed by atoms with Crippen LogP contribution in [0.25, 0.3) is 0 Å². The average Bonchev–Trinajstić information content (AvgIpc) is 2.50. The lowest BCUT2D eigenvalue weighted by Gasteiger charge is -2.12. The van der Waals surface area contributed by atoms with Crippen molar-refractivity contribution in [3.63, 3.8) is 0 Å². The minimum Gasteiger partial charge on any atom is -0.491 e. The number of nitrogens with two attached hydrogens (primary N) is 1. The normalized spacial score (nSPS) is 10.6. The van der Waals surface area contributed by atoms with Gasteiger partial charge in [-0.2, -0.15) is 0 Å². The lowest BCUT2D eigenvalue weighted by Crippen LogP contribution is -2.02. The van der Waals surface area contributed by atoms with E-state index in [0.29, 0.717) is 13.2 Å². The summed E-state index contributed by atoms with van der Waals surface area (Å²) in [6, 6.07) is 14.6. The summed E-state index contributed by atoms with van der Waals surface area (Å²) in [5, 5.41) is 0. The fourth-order valence-corrected chi connectivity index (χ4v) is 3.63. The van der Waals surface area contributed by atoms with Crippen LogP contribution in [-0.2, 0) is 13.0 Å². The molecule has 2 N–H and O–H groups in total. The minimum absolute atomic E-state index is 0.522. The molecule has 112 valence electrons. The van der Waals surface area contributed by atoms with E-state index in [1.807, 2.05) is 18.2 Å². The molecular formula is C17H19Br2NO. The highest BCUT2D eigenvalue weighted by atomic mass is 79.9. The quantitative estimate of drug-likeness (QED) is 0.644. The molecule has 0 aliphatic heterocycles. The maximum absolute atomic E-state index is 5.87. The van der Waals surface area contributed by atoms with Gasteiger partial charge < -0.3 is 10.5 Å². The van der Waals surface area contributed by atoms with E-state index in [0.717, 1.165) is 39.5 Å². The van der Waals surface area contributed by atoms with Crippen LogP contribution in [-0.4, -0.2) is 6.61 Å². The van der Waals surface area contributed by atoms with E-state index in [4.69, 9.17) is 10.5 Å². The molecule has 0 heterocycles. The monoisotopic (exact) mass is 411 g/mol. The first-order valence-electron chi connectivity index (χ1n) is 7.05. The fraction of sp³-hybridized carbons (Fsp3) is 0.294. The summed E-state index contributed by atoms with van der Waals surface area (Å²) in [5.41, 5.74) is 8.11. The first kappa shape index (κ1) is 16.5. The molecule has 0 fully saturated rings. The lowest BCUT2D eigenvalue weighted by molar-refractivity contribution is 0.303. The van der Waals surface area contributed by atoms with Gasteiger partial charge in [0.2, 0.25) is 0 Å². The van der Waals surface area contributed by atoms with Gasteiger partial charge in [0.05, 0.1) is 15.6 Å². The van der Waals surface area contributed by atoms with Crippen molar-refractivity contribution in [2.24, 2.45) is 5.73 Å². The number of benzene rings is 2. The van der Waals surface area contributed by atoms with Crippen molar-refractivity contribution in [1.29, 1.82) is 0 Å². The van der Waals surface area contributed by atoms with Crippen molar-refractivity contribution in [3.05, 3.63) is 62.5 Å². The third-order valence-electron chi connectivity index (χ3n) is 3.24. The fourth-order valence-electron chi connectivity index (χ4n) is 2.12. The predicted molar refractivity (Wildman–Crippen MR) is 94.6 cm³/mol. The Bertz CT molecular complexity index is 549. The highest BCUT2D eigenvalue weighted by Gasteiger charge is 2.08. The molecule has 0 radical (unpaired) electrons. The first-order valence-corrected chi connectivity index (χ1v) is 8.64. The van der Waals surface area contributed by atoms with E-state index >= 15 is 0 Å². The van der Waals surface area contributed by atoms with Crippen LogP contribution in [0.2, 0.25) is 0 Å². The molecule has 0 aromatic heterocycles. The Labute approximate surface area is 143 Å². The van der Waals surface area contributed by atoms with Crippen molar-refractivity contribution in [2.75, 3.05) is 6.61 Å². The molecule has 0 atom stereocenters. The van der Waals surface area contributed by atoms with E-state index in [1.165, 1.54) is 5.56 Å². The first-order chi connectivity index (χ1) is 10.2. The number of ether oxygens (including phenoxy) is 1. The molecule has 0 amide bonds. The zero-order chi connectivity index (χ0) is 15.1. The highest BCUT2D eigenvalue weighted by molar-refractivity contribution is 9.11. The van der Waals surface area contributed by atoms with Gasteiger partial charge in [-0.1, -0.05) is 30.3 Å². The van der Waals surface area contributed by atoms with Gasteiger partial charge in [0.1, 0.15) is 5.75 Å². The zero-order valence-corrected chi connectivity index (χ0v) is 15.0. The van der Waals surface area contributed by atoms with Gasteiger partial charge in [0.15, 0.2) is 0 Å². The van der Waals surface area contributed by atoms with Crippen LogP contribution in [0, 0.1) is 0 Å². The Kier molecular flexibility index (Phi) is 6.74. The molecule has 0 aliphatic rings. The summed E-state index contributed by atoms with van der Waals surface area (Å²) in [6.45, 7) is 1.24. The maximum Gasteiger partial charge on any atom is 0.147 e. The Morgan fingerprint density at radius 1 is 0.905 bits per heavy atom. The van der Waals surface area contributed by atoms with Gasteiger partial charge in [-0.3, -0.25) is 0 Å². The standard InChI is InChI=1S/C17H19Br2NO/c18-15-10-14(12-20)11-16(19)17(15)21-9-5-4-8-13-6-2-1-3-7-13/h1-3,6-7,10-11H,4-5,8-9,12,20H2. The zero-order valence-electron chi connectivity index (χ0n) is 11.8. The molecule has 0 saturated heterocycles. The van der Waals surface area contributed by atoms with E-state index in [9.17, 15) is 0 Å². The van der Waals surface area contributed by atoms with Gasteiger partial charge in [-0.05, 0) is 74.4 Å². The number of aryl methyl sites for hydroxylation is 1. The van der Waals surface area contributed by atoms with Crippen molar-refractivity contribution >= 4 is 31.9 Å². The van der Waals surface area contributed by atoms with Gasteiger partial charge in [-0.15, -0.1) is 0 Å². The van der Waals surface area contributed by atoms with Crippen molar-refractivity contribution in [2.45, 2.75) is 25.8 Å². The molecule has 0 unspecified atom stereocenters. The number of rotatable bonds is 7. The Balaban J connectivity index is 1.79. The molecule has 4 heteroatoms. The molecule has 2 aromatic carbocycles. The van der Waals surface area contributed by atoms with Crippen LogP contribution in [0.15, 0.2) is 51.4 Å². The molecule has 21 heavy (non-hydrogen) atoms. The second-order valence-corrected chi connectivity index (χ2v) is 6.59. The van der Waals surface area contributed by atoms with Crippen molar-refractivity contribution < 1.29 is 4.74 Å². The van der Waals surface area contributed by atoms with Gasteiger partial charge in [0.25, 0.3) is 0 Å².